The minimum absolute atomic E-state index is 0.330. The molecule has 0 fully saturated rings. The van der Waals surface area contributed by atoms with E-state index >= 15 is 0 Å². The topological polar surface area (TPSA) is 58.2 Å². The predicted octanol–water partition coefficient (Wildman–Crippen LogP) is 3.24. The van der Waals surface area contributed by atoms with Crippen LogP contribution >= 0.6 is 23.2 Å². The van der Waals surface area contributed by atoms with E-state index in [0.717, 1.165) is 5.56 Å². The van der Waals surface area contributed by atoms with Crippen LogP contribution in [0, 0.1) is 0 Å². The standard InChI is InChI=1S/C17H14Cl2N2O2/c18-11-6-7-14-12(9-11)16(22)21-15(17(23)20-14)13(19)8-10-4-2-1-3-5-10/h1-7,9,13,15H,8H2,(H,20,23)(H,21,22). The highest BCUT2D eigenvalue weighted by Crippen LogP contribution is 2.24. The van der Waals surface area contributed by atoms with Crippen molar-refractivity contribution < 1.29 is 9.59 Å². The minimum Gasteiger partial charge on any atom is -0.339 e. The van der Waals surface area contributed by atoms with Gasteiger partial charge in [-0.15, -0.1) is 11.6 Å². The third kappa shape index (κ3) is 3.49. The van der Waals surface area contributed by atoms with E-state index in [1.54, 1.807) is 12.1 Å². The Balaban J connectivity index is 1.82. The highest BCUT2D eigenvalue weighted by molar-refractivity contribution is 6.31. The lowest BCUT2D eigenvalue weighted by molar-refractivity contribution is -0.117. The molecule has 6 heteroatoms. The van der Waals surface area contributed by atoms with Gasteiger partial charge < -0.3 is 10.6 Å². The molecule has 0 saturated carbocycles. The van der Waals surface area contributed by atoms with E-state index in [1.165, 1.54) is 6.07 Å². The molecule has 0 aromatic heterocycles. The van der Waals surface area contributed by atoms with Gasteiger partial charge in [-0.1, -0.05) is 41.9 Å². The van der Waals surface area contributed by atoms with Gasteiger partial charge in [0, 0.05) is 5.02 Å². The van der Waals surface area contributed by atoms with Crippen LogP contribution in [-0.2, 0) is 11.2 Å². The van der Waals surface area contributed by atoms with E-state index < -0.39 is 11.4 Å². The van der Waals surface area contributed by atoms with Crippen molar-refractivity contribution in [2.75, 3.05) is 5.32 Å². The van der Waals surface area contributed by atoms with Crippen molar-refractivity contribution in [3.05, 3.63) is 64.7 Å². The molecule has 4 nitrogen and oxygen atoms in total. The van der Waals surface area contributed by atoms with Crippen LogP contribution in [0.15, 0.2) is 48.5 Å². The Morgan fingerprint density at radius 3 is 2.57 bits per heavy atom. The number of halogens is 2. The van der Waals surface area contributed by atoms with Crippen molar-refractivity contribution in [2.24, 2.45) is 0 Å². The Bertz CT molecular complexity index is 750. The van der Waals surface area contributed by atoms with Crippen molar-refractivity contribution >= 4 is 40.7 Å². The lowest BCUT2D eigenvalue weighted by Gasteiger charge is -2.20. The van der Waals surface area contributed by atoms with Gasteiger partial charge in [-0.25, -0.2) is 0 Å². The SMILES string of the molecule is O=C1NC(C(Cl)Cc2ccccc2)C(=O)Nc2ccc(Cl)cc21. The molecule has 23 heavy (non-hydrogen) atoms. The Morgan fingerprint density at radius 1 is 1.09 bits per heavy atom. The first kappa shape index (κ1) is 15.8. The third-order valence-corrected chi connectivity index (χ3v) is 4.33. The van der Waals surface area contributed by atoms with Crippen LogP contribution in [0.2, 0.25) is 5.02 Å². The third-order valence-electron chi connectivity index (χ3n) is 3.69. The summed E-state index contributed by atoms with van der Waals surface area (Å²) in [7, 11) is 0. The maximum absolute atomic E-state index is 12.4. The van der Waals surface area contributed by atoms with Gasteiger partial charge in [-0.05, 0) is 30.2 Å². The number of alkyl halides is 1. The molecule has 2 atom stereocenters. The van der Waals surface area contributed by atoms with Crippen LogP contribution < -0.4 is 10.6 Å². The monoisotopic (exact) mass is 348 g/mol. The van der Waals surface area contributed by atoms with E-state index in [1.807, 2.05) is 30.3 Å². The van der Waals surface area contributed by atoms with Gasteiger partial charge in [0.2, 0.25) is 5.91 Å². The Morgan fingerprint density at radius 2 is 1.83 bits per heavy atom. The van der Waals surface area contributed by atoms with Crippen molar-refractivity contribution in [1.82, 2.24) is 5.32 Å². The van der Waals surface area contributed by atoms with Gasteiger partial charge >= 0.3 is 0 Å². The molecule has 2 unspecified atom stereocenters. The summed E-state index contributed by atoms with van der Waals surface area (Å²) in [6.07, 6.45) is 0.470. The van der Waals surface area contributed by atoms with Crippen LogP contribution in [0.1, 0.15) is 15.9 Å². The van der Waals surface area contributed by atoms with Gasteiger partial charge in [0.05, 0.1) is 16.6 Å². The van der Waals surface area contributed by atoms with Crippen LogP contribution in [0.3, 0.4) is 0 Å². The number of carbonyl (C=O) groups excluding carboxylic acids is 2. The average Bonchev–Trinajstić information content (AvgIpc) is 2.66. The normalized spacial score (nSPS) is 18.4. The first-order valence-electron chi connectivity index (χ1n) is 7.14. The summed E-state index contributed by atoms with van der Waals surface area (Å²) in [6, 6.07) is 13.5. The Labute approximate surface area is 143 Å². The molecule has 0 aliphatic carbocycles. The zero-order valence-electron chi connectivity index (χ0n) is 12.1. The fourth-order valence-corrected chi connectivity index (χ4v) is 3.05. The molecule has 0 spiro atoms. The highest BCUT2D eigenvalue weighted by atomic mass is 35.5. The van der Waals surface area contributed by atoms with Crippen molar-refractivity contribution in [2.45, 2.75) is 17.8 Å². The second kappa shape index (κ2) is 6.60. The summed E-state index contributed by atoms with van der Waals surface area (Å²) < 4.78 is 0. The summed E-state index contributed by atoms with van der Waals surface area (Å²) >= 11 is 12.3. The van der Waals surface area contributed by atoms with Gasteiger partial charge in [0.15, 0.2) is 0 Å². The van der Waals surface area contributed by atoms with Crippen LogP contribution in [0.5, 0.6) is 0 Å². The van der Waals surface area contributed by atoms with E-state index in [0.29, 0.717) is 22.7 Å². The number of rotatable bonds is 3. The molecule has 1 aliphatic rings. The predicted molar refractivity (Wildman–Crippen MR) is 91.1 cm³/mol. The molecule has 2 aromatic carbocycles. The molecule has 0 saturated heterocycles. The fourth-order valence-electron chi connectivity index (χ4n) is 2.52. The second-order valence-electron chi connectivity index (χ2n) is 5.34. The lowest BCUT2D eigenvalue weighted by Crippen LogP contribution is -2.48. The van der Waals surface area contributed by atoms with E-state index in [4.69, 9.17) is 23.2 Å². The van der Waals surface area contributed by atoms with Crippen molar-refractivity contribution in [1.29, 1.82) is 0 Å². The number of carbonyl (C=O) groups is 2. The van der Waals surface area contributed by atoms with Gasteiger partial charge in [0.25, 0.3) is 5.91 Å². The summed E-state index contributed by atoms with van der Waals surface area (Å²) in [5.74, 6) is -0.708. The van der Waals surface area contributed by atoms with E-state index in [-0.39, 0.29) is 11.8 Å². The number of hydrogen-bond donors (Lipinski definition) is 2. The molecule has 1 heterocycles. The molecule has 0 radical (unpaired) electrons. The van der Waals surface area contributed by atoms with Crippen LogP contribution in [0.25, 0.3) is 0 Å². The van der Waals surface area contributed by atoms with Gasteiger partial charge in [-0.2, -0.15) is 0 Å². The highest BCUT2D eigenvalue weighted by Gasteiger charge is 2.33. The maximum atomic E-state index is 12.4. The summed E-state index contributed by atoms with van der Waals surface area (Å²) in [4.78, 5) is 24.7. The zero-order valence-corrected chi connectivity index (χ0v) is 13.6. The zero-order chi connectivity index (χ0) is 16.4. The van der Waals surface area contributed by atoms with Crippen molar-refractivity contribution in [3.63, 3.8) is 0 Å². The molecule has 2 N–H and O–H groups in total. The summed E-state index contributed by atoms with van der Waals surface area (Å²) in [5, 5.41) is 5.29. The first-order valence-corrected chi connectivity index (χ1v) is 7.95. The molecular weight excluding hydrogens is 335 g/mol. The number of anilines is 1. The minimum atomic E-state index is -0.824. The fraction of sp³-hybridized carbons (Fsp3) is 0.176. The first-order chi connectivity index (χ1) is 11.0. The average molecular weight is 349 g/mol. The number of hydrogen-bond acceptors (Lipinski definition) is 2. The van der Waals surface area contributed by atoms with Crippen molar-refractivity contribution in [3.8, 4) is 0 Å². The quantitative estimate of drug-likeness (QED) is 0.836. The number of nitrogens with one attached hydrogen (secondary N) is 2. The number of fused-ring (bicyclic) bond motifs is 1. The lowest BCUT2D eigenvalue weighted by atomic mass is 10.0. The Kier molecular flexibility index (Phi) is 4.55. The molecule has 0 bridgehead atoms. The Hall–Kier alpha value is -2.04. The molecule has 2 amide bonds. The van der Waals surface area contributed by atoms with Crippen LogP contribution in [-0.4, -0.2) is 23.2 Å². The molecule has 118 valence electrons. The molecule has 3 rings (SSSR count). The molecule has 2 aromatic rings. The smallest absolute Gasteiger partial charge is 0.254 e. The van der Waals surface area contributed by atoms with E-state index in [2.05, 4.69) is 10.6 Å². The number of benzene rings is 2. The second-order valence-corrected chi connectivity index (χ2v) is 6.33. The van der Waals surface area contributed by atoms with Gasteiger partial charge in [-0.3, -0.25) is 9.59 Å². The summed E-state index contributed by atoms with van der Waals surface area (Å²) in [6.45, 7) is 0. The van der Waals surface area contributed by atoms with E-state index in [9.17, 15) is 9.59 Å². The molecule has 1 aliphatic heterocycles. The van der Waals surface area contributed by atoms with Crippen LogP contribution in [0.4, 0.5) is 5.69 Å². The molecular formula is C17H14Cl2N2O2. The largest absolute Gasteiger partial charge is 0.339 e. The maximum Gasteiger partial charge on any atom is 0.254 e. The summed E-state index contributed by atoms with van der Waals surface area (Å²) in [5.41, 5.74) is 1.76. The number of amides is 2. The van der Waals surface area contributed by atoms with Gasteiger partial charge in [0.1, 0.15) is 6.04 Å².